The van der Waals surface area contributed by atoms with E-state index in [1.54, 1.807) is 0 Å². The Morgan fingerprint density at radius 3 is 2.79 bits per heavy atom. The van der Waals surface area contributed by atoms with Crippen LogP contribution in [0.3, 0.4) is 0 Å². The lowest BCUT2D eigenvalue weighted by molar-refractivity contribution is 0.0177. The van der Waals surface area contributed by atoms with E-state index in [1.165, 1.54) is 4.90 Å². The van der Waals surface area contributed by atoms with Gasteiger partial charge in [-0.2, -0.15) is 0 Å². The van der Waals surface area contributed by atoms with Gasteiger partial charge in [0.25, 0.3) is 0 Å². The fourth-order valence-corrected chi connectivity index (χ4v) is 2.63. The van der Waals surface area contributed by atoms with Gasteiger partial charge in [-0.1, -0.05) is 0 Å². The van der Waals surface area contributed by atoms with Gasteiger partial charge in [-0.25, -0.2) is 4.79 Å². The number of aliphatic hydroxyl groups is 1. The van der Waals surface area contributed by atoms with Crippen molar-refractivity contribution < 1.29 is 15.0 Å². The molecule has 2 aliphatic rings. The summed E-state index contributed by atoms with van der Waals surface area (Å²) in [4.78, 5) is 14.6. The van der Waals surface area contributed by atoms with Crippen LogP contribution in [0, 0.1) is 0 Å². The Hall–Kier alpha value is -0.810. The van der Waals surface area contributed by atoms with Crippen LogP contribution < -0.4 is 0 Å². The predicted octanol–water partition coefficient (Wildman–Crippen LogP) is -0.195. The van der Waals surface area contributed by atoms with Gasteiger partial charge < -0.3 is 15.1 Å². The molecule has 0 aromatic carbocycles. The van der Waals surface area contributed by atoms with Crippen LogP contribution >= 0.6 is 0 Å². The summed E-state index contributed by atoms with van der Waals surface area (Å²) in [6.45, 7) is 2.33. The number of aliphatic hydroxyl groups excluding tert-OH is 1. The zero-order valence-electron chi connectivity index (χ0n) is 8.09. The Bertz CT molecular complexity index is 234. The minimum atomic E-state index is -0.907. The normalized spacial score (nSPS) is 33.1. The third-order valence-electron chi connectivity index (χ3n) is 3.32. The first-order valence-electron chi connectivity index (χ1n) is 5.08. The summed E-state index contributed by atoms with van der Waals surface area (Å²) in [7, 11) is 0. The molecular formula is C9H16N2O3. The maximum absolute atomic E-state index is 10.9. The summed E-state index contributed by atoms with van der Waals surface area (Å²) in [5.74, 6) is 0. The van der Waals surface area contributed by atoms with Gasteiger partial charge >= 0.3 is 6.09 Å². The molecule has 80 valence electrons. The number of carbonyl (C=O) groups is 1. The highest BCUT2D eigenvalue weighted by atomic mass is 16.4. The van der Waals surface area contributed by atoms with Crippen molar-refractivity contribution >= 4 is 6.09 Å². The molecule has 5 nitrogen and oxygen atoms in total. The molecule has 0 aliphatic carbocycles. The molecule has 0 radical (unpaired) electrons. The molecule has 2 saturated heterocycles. The molecule has 0 aromatic rings. The van der Waals surface area contributed by atoms with Crippen molar-refractivity contribution in [3.05, 3.63) is 0 Å². The average molecular weight is 200 g/mol. The summed E-state index contributed by atoms with van der Waals surface area (Å²) in [6, 6.07) is 0.0219. The number of fused-ring (bicyclic) bond motifs is 1. The van der Waals surface area contributed by atoms with E-state index in [-0.39, 0.29) is 18.7 Å². The van der Waals surface area contributed by atoms with Gasteiger partial charge in [0, 0.05) is 19.1 Å². The number of carboxylic acid groups (broad SMARTS) is 1. The van der Waals surface area contributed by atoms with Crippen molar-refractivity contribution in [2.24, 2.45) is 0 Å². The first-order valence-corrected chi connectivity index (χ1v) is 5.08. The van der Waals surface area contributed by atoms with Crippen LogP contribution in [0.1, 0.15) is 12.8 Å². The standard InChI is InChI=1S/C9H16N2O3/c12-6-8-7-2-1-3-10(7)4-5-11(8)9(13)14/h7-8,12H,1-6H2,(H,13,14). The van der Waals surface area contributed by atoms with E-state index >= 15 is 0 Å². The van der Waals surface area contributed by atoms with Gasteiger partial charge in [-0.05, 0) is 19.4 Å². The van der Waals surface area contributed by atoms with Crippen molar-refractivity contribution in [3.8, 4) is 0 Å². The summed E-state index contributed by atoms with van der Waals surface area (Å²) < 4.78 is 0. The van der Waals surface area contributed by atoms with E-state index in [0.717, 1.165) is 25.9 Å². The smallest absolute Gasteiger partial charge is 0.407 e. The Labute approximate surface area is 82.9 Å². The lowest BCUT2D eigenvalue weighted by atomic mass is 10.0. The maximum atomic E-state index is 10.9. The molecule has 0 spiro atoms. The van der Waals surface area contributed by atoms with Crippen LogP contribution in [0.2, 0.25) is 0 Å². The molecule has 0 saturated carbocycles. The second kappa shape index (κ2) is 3.74. The number of hydrogen-bond donors (Lipinski definition) is 2. The van der Waals surface area contributed by atoms with Crippen molar-refractivity contribution in [1.29, 1.82) is 0 Å². The molecule has 14 heavy (non-hydrogen) atoms. The second-order valence-electron chi connectivity index (χ2n) is 3.97. The number of nitrogens with zero attached hydrogens (tertiary/aromatic N) is 2. The number of hydrogen-bond acceptors (Lipinski definition) is 3. The van der Waals surface area contributed by atoms with E-state index < -0.39 is 6.09 Å². The zero-order chi connectivity index (χ0) is 10.1. The Balaban J connectivity index is 2.12. The highest BCUT2D eigenvalue weighted by molar-refractivity contribution is 5.65. The van der Waals surface area contributed by atoms with E-state index in [9.17, 15) is 9.90 Å². The number of amides is 1. The fourth-order valence-electron chi connectivity index (χ4n) is 2.63. The van der Waals surface area contributed by atoms with Crippen LogP contribution in [-0.4, -0.2) is 64.4 Å². The zero-order valence-corrected chi connectivity index (χ0v) is 8.09. The molecular weight excluding hydrogens is 184 g/mol. The first kappa shape index (κ1) is 9.73. The molecule has 1 amide bonds. The minimum Gasteiger partial charge on any atom is -0.465 e. The monoisotopic (exact) mass is 200 g/mol. The predicted molar refractivity (Wildman–Crippen MR) is 50.2 cm³/mol. The quantitative estimate of drug-likeness (QED) is 0.615. The van der Waals surface area contributed by atoms with Crippen molar-refractivity contribution in [3.63, 3.8) is 0 Å². The van der Waals surface area contributed by atoms with Crippen molar-refractivity contribution in [2.45, 2.75) is 24.9 Å². The Morgan fingerprint density at radius 1 is 1.36 bits per heavy atom. The Morgan fingerprint density at radius 2 is 2.14 bits per heavy atom. The lowest BCUT2D eigenvalue weighted by Crippen LogP contribution is -2.60. The molecule has 0 bridgehead atoms. The largest absolute Gasteiger partial charge is 0.465 e. The molecule has 5 heteroatoms. The summed E-state index contributed by atoms with van der Waals surface area (Å²) >= 11 is 0. The number of piperazine rings is 1. The molecule has 2 atom stereocenters. The third kappa shape index (κ3) is 1.46. The maximum Gasteiger partial charge on any atom is 0.407 e. The summed E-state index contributed by atoms with van der Waals surface area (Å²) in [6.07, 6.45) is 1.22. The van der Waals surface area contributed by atoms with Crippen LogP contribution in [0.25, 0.3) is 0 Å². The van der Waals surface area contributed by atoms with Crippen LogP contribution in [0.4, 0.5) is 4.79 Å². The van der Waals surface area contributed by atoms with Gasteiger partial charge in [0.05, 0.1) is 12.6 Å². The SMILES string of the molecule is O=C(O)N1CCN2CCCC2C1CO. The van der Waals surface area contributed by atoms with E-state index in [4.69, 9.17) is 5.11 Å². The topological polar surface area (TPSA) is 64.0 Å². The highest BCUT2D eigenvalue weighted by Crippen LogP contribution is 2.26. The summed E-state index contributed by atoms with van der Waals surface area (Å²) in [5, 5.41) is 18.2. The van der Waals surface area contributed by atoms with Crippen LogP contribution in [0.15, 0.2) is 0 Å². The molecule has 2 unspecified atom stereocenters. The molecule has 2 heterocycles. The molecule has 2 fully saturated rings. The van der Waals surface area contributed by atoms with Crippen LogP contribution in [0.5, 0.6) is 0 Å². The van der Waals surface area contributed by atoms with Crippen molar-refractivity contribution in [1.82, 2.24) is 9.80 Å². The van der Waals surface area contributed by atoms with Gasteiger partial charge in [-0.3, -0.25) is 4.90 Å². The van der Waals surface area contributed by atoms with E-state index in [1.807, 2.05) is 0 Å². The van der Waals surface area contributed by atoms with Crippen molar-refractivity contribution in [2.75, 3.05) is 26.2 Å². The summed E-state index contributed by atoms with van der Waals surface area (Å²) in [5.41, 5.74) is 0. The molecule has 2 N–H and O–H groups in total. The number of rotatable bonds is 1. The van der Waals surface area contributed by atoms with E-state index in [0.29, 0.717) is 6.54 Å². The molecule has 2 aliphatic heterocycles. The molecule has 0 aromatic heterocycles. The third-order valence-corrected chi connectivity index (χ3v) is 3.32. The first-order chi connectivity index (χ1) is 6.74. The Kier molecular flexibility index (Phi) is 2.60. The van der Waals surface area contributed by atoms with Gasteiger partial charge in [-0.15, -0.1) is 0 Å². The van der Waals surface area contributed by atoms with Gasteiger partial charge in [0.2, 0.25) is 0 Å². The van der Waals surface area contributed by atoms with Gasteiger partial charge in [0.1, 0.15) is 0 Å². The van der Waals surface area contributed by atoms with Crippen LogP contribution in [-0.2, 0) is 0 Å². The van der Waals surface area contributed by atoms with E-state index in [2.05, 4.69) is 4.90 Å². The minimum absolute atomic E-state index is 0.0620. The molecule has 2 rings (SSSR count). The lowest BCUT2D eigenvalue weighted by Gasteiger charge is -2.42. The fraction of sp³-hybridized carbons (Fsp3) is 0.889. The second-order valence-corrected chi connectivity index (χ2v) is 3.97. The average Bonchev–Trinajstić information content (AvgIpc) is 2.63. The highest BCUT2D eigenvalue weighted by Gasteiger charge is 2.40. The van der Waals surface area contributed by atoms with Gasteiger partial charge in [0.15, 0.2) is 0 Å².